The number of carbonyl (C=O) groups is 4. The Bertz CT molecular complexity index is 1920. The first kappa shape index (κ1) is 39.4. The SMILES string of the molecule is CCCCCCOC(=O)/N=C(/N)c1ccc(NCc2nc3cc(C(=O)N(CCC(=O)OC(C)OC(=O)C4CCCC4)c4ccccn4)ccc3n2C)cc1. The highest BCUT2D eigenvalue weighted by Crippen LogP contribution is 2.26. The molecule has 0 bridgehead atoms. The summed E-state index contributed by atoms with van der Waals surface area (Å²) < 4.78 is 17.8. The zero-order valence-corrected chi connectivity index (χ0v) is 31.2. The van der Waals surface area contributed by atoms with Crippen LogP contribution in [0.2, 0.25) is 0 Å². The average molecular weight is 740 g/mol. The summed E-state index contributed by atoms with van der Waals surface area (Å²) in [6.45, 7) is 4.33. The van der Waals surface area contributed by atoms with Crippen molar-refractivity contribution in [2.75, 3.05) is 23.4 Å². The fourth-order valence-electron chi connectivity index (χ4n) is 6.25. The van der Waals surface area contributed by atoms with Gasteiger partial charge in [0.15, 0.2) is 0 Å². The fourth-order valence-corrected chi connectivity index (χ4v) is 6.25. The first-order chi connectivity index (χ1) is 26.1. The number of aryl methyl sites for hydroxylation is 1. The molecule has 0 aliphatic heterocycles. The van der Waals surface area contributed by atoms with Crippen LogP contribution in [0, 0.1) is 5.92 Å². The summed E-state index contributed by atoms with van der Waals surface area (Å²) in [6, 6.07) is 17.7. The Kier molecular flexibility index (Phi) is 14.1. The van der Waals surface area contributed by atoms with Crippen molar-refractivity contribution in [3.05, 3.63) is 83.8 Å². The molecular formula is C40H49N7O7. The Morgan fingerprint density at radius 1 is 1.00 bits per heavy atom. The number of hydrogen-bond donors (Lipinski definition) is 2. The van der Waals surface area contributed by atoms with Crippen LogP contribution in [-0.4, -0.2) is 63.8 Å². The number of pyridine rings is 1. The van der Waals surface area contributed by atoms with E-state index in [1.807, 2.05) is 29.8 Å². The van der Waals surface area contributed by atoms with Gasteiger partial charge in [-0.3, -0.25) is 19.3 Å². The van der Waals surface area contributed by atoms with Gasteiger partial charge in [0.2, 0.25) is 6.29 Å². The van der Waals surface area contributed by atoms with Gasteiger partial charge in [-0.05, 0) is 73.9 Å². The molecule has 1 saturated carbocycles. The number of aliphatic imine (C=N–C) groups is 1. The third kappa shape index (κ3) is 10.9. The van der Waals surface area contributed by atoms with Gasteiger partial charge in [-0.15, -0.1) is 0 Å². The van der Waals surface area contributed by atoms with Crippen molar-refractivity contribution in [1.29, 1.82) is 0 Å². The van der Waals surface area contributed by atoms with E-state index < -0.39 is 18.4 Å². The molecule has 2 heterocycles. The van der Waals surface area contributed by atoms with Crippen LogP contribution in [0.15, 0.2) is 71.9 Å². The van der Waals surface area contributed by atoms with Gasteiger partial charge in [0.1, 0.15) is 17.5 Å². The summed E-state index contributed by atoms with van der Waals surface area (Å²) in [5.41, 5.74) is 9.25. The number of carbonyl (C=O) groups excluding carboxylic acids is 4. The number of aromatic nitrogens is 3. The molecule has 2 aromatic heterocycles. The molecule has 3 N–H and O–H groups in total. The number of nitrogens with two attached hydrogens (primary N) is 1. The summed E-state index contributed by atoms with van der Waals surface area (Å²) in [6.07, 6.45) is 7.25. The number of amides is 2. The molecule has 1 aliphatic carbocycles. The third-order valence-electron chi connectivity index (χ3n) is 9.27. The highest BCUT2D eigenvalue weighted by Gasteiger charge is 2.27. The van der Waals surface area contributed by atoms with Crippen molar-refractivity contribution >= 4 is 52.3 Å². The predicted molar refractivity (Wildman–Crippen MR) is 205 cm³/mol. The topological polar surface area (TPSA) is 180 Å². The Balaban J connectivity index is 1.19. The molecule has 286 valence electrons. The van der Waals surface area contributed by atoms with Crippen molar-refractivity contribution in [2.24, 2.45) is 23.7 Å². The minimum Gasteiger partial charge on any atom is -0.448 e. The largest absolute Gasteiger partial charge is 0.448 e. The summed E-state index contributed by atoms with van der Waals surface area (Å²) >= 11 is 0. The maximum Gasteiger partial charge on any atom is 0.435 e. The lowest BCUT2D eigenvalue weighted by atomic mass is 10.1. The van der Waals surface area contributed by atoms with Crippen molar-refractivity contribution in [3.63, 3.8) is 0 Å². The summed E-state index contributed by atoms with van der Waals surface area (Å²) in [7, 11) is 1.90. The number of fused-ring (bicyclic) bond motifs is 1. The monoisotopic (exact) mass is 739 g/mol. The smallest absolute Gasteiger partial charge is 0.435 e. The van der Waals surface area contributed by atoms with E-state index in [1.54, 1.807) is 48.7 Å². The molecular weight excluding hydrogens is 690 g/mol. The van der Waals surface area contributed by atoms with Crippen LogP contribution in [0.5, 0.6) is 0 Å². The van der Waals surface area contributed by atoms with Crippen molar-refractivity contribution < 1.29 is 33.4 Å². The van der Waals surface area contributed by atoms with E-state index >= 15 is 0 Å². The highest BCUT2D eigenvalue weighted by molar-refractivity contribution is 6.07. The number of imidazole rings is 1. The number of nitrogens with one attached hydrogen (secondary N) is 1. The van der Waals surface area contributed by atoms with E-state index in [9.17, 15) is 19.2 Å². The number of anilines is 2. The Morgan fingerprint density at radius 3 is 2.48 bits per heavy atom. The van der Waals surface area contributed by atoms with Crippen LogP contribution < -0.4 is 16.0 Å². The molecule has 1 fully saturated rings. The number of ether oxygens (including phenoxy) is 3. The Morgan fingerprint density at radius 2 is 1.76 bits per heavy atom. The number of amidine groups is 1. The van der Waals surface area contributed by atoms with Crippen LogP contribution in [0.4, 0.5) is 16.3 Å². The number of benzene rings is 2. The van der Waals surface area contributed by atoms with Crippen LogP contribution in [0.1, 0.15) is 93.4 Å². The van der Waals surface area contributed by atoms with E-state index in [0.717, 1.165) is 68.4 Å². The summed E-state index contributed by atoms with van der Waals surface area (Å²) in [5, 5.41) is 3.35. The van der Waals surface area contributed by atoms with Crippen LogP contribution in [0.25, 0.3) is 11.0 Å². The quantitative estimate of drug-likeness (QED) is 0.0389. The molecule has 2 aromatic carbocycles. The summed E-state index contributed by atoms with van der Waals surface area (Å²) in [4.78, 5) is 65.4. The van der Waals surface area contributed by atoms with Gasteiger partial charge in [-0.2, -0.15) is 4.99 Å². The zero-order chi connectivity index (χ0) is 38.5. The maximum atomic E-state index is 13.9. The first-order valence-corrected chi connectivity index (χ1v) is 18.6. The number of esters is 2. The lowest BCUT2D eigenvalue weighted by Crippen LogP contribution is -2.34. The van der Waals surface area contributed by atoms with E-state index in [1.165, 1.54) is 11.8 Å². The van der Waals surface area contributed by atoms with E-state index in [0.29, 0.717) is 35.6 Å². The molecule has 14 nitrogen and oxygen atoms in total. The molecule has 0 saturated heterocycles. The van der Waals surface area contributed by atoms with Crippen molar-refractivity contribution in [3.8, 4) is 0 Å². The fraction of sp³-hybridized carbons (Fsp3) is 0.425. The minimum atomic E-state index is -1.03. The number of nitrogens with zero attached hydrogens (tertiary/aromatic N) is 5. The van der Waals surface area contributed by atoms with Gasteiger partial charge in [-0.25, -0.2) is 14.8 Å². The van der Waals surface area contributed by atoms with Crippen molar-refractivity contribution in [1.82, 2.24) is 14.5 Å². The van der Waals surface area contributed by atoms with Gasteiger partial charge in [-0.1, -0.05) is 45.1 Å². The minimum absolute atomic E-state index is 0.00704. The second kappa shape index (κ2) is 19.3. The lowest BCUT2D eigenvalue weighted by molar-refractivity contribution is -0.187. The van der Waals surface area contributed by atoms with Crippen LogP contribution >= 0.6 is 0 Å². The maximum absolute atomic E-state index is 13.9. The highest BCUT2D eigenvalue weighted by atomic mass is 16.7. The van der Waals surface area contributed by atoms with Gasteiger partial charge in [0.25, 0.3) is 5.91 Å². The second-order valence-electron chi connectivity index (χ2n) is 13.3. The third-order valence-corrected chi connectivity index (χ3v) is 9.27. The predicted octanol–water partition coefficient (Wildman–Crippen LogP) is 6.66. The Hall–Kier alpha value is -5.79. The molecule has 0 radical (unpaired) electrons. The molecule has 2 amide bonds. The van der Waals surface area contributed by atoms with E-state index in [-0.39, 0.29) is 36.6 Å². The van der Waals surface area contributed by atoms with E-state index in [4.69, 9.17) is 24.9 Å². The van der Waals surface area contributed by atoms with Gasteiger partial charge >= 0.3 is 18.0 Å². The normalized spacial score (nSPS) is 13.7. The van der Waals surface area contributed by atoms with Crippen LogP contribution in [0.3, 0.4) is 0 Å². The second-order valence-corrected chi connectivity index (χ2v) is 13.3. The summed E-state index contributed by atoms with van der Waals surface area (Å²) in [5.74, 6) is -0.288. The first-order valence-electron chi connectivity index (χ1n) is 18.6. The molecule has 54 heavy (non-hydrogen) atoms. The van der Waals surface area contributed by atoms with E-state index in [2.05, 4.69) is 22.2 Å². The molecule has 1 atom stereocenters. The number of hydrogen-bond acceptors (Lipinski definition) is 10. The molecule has 5 rings (SSSR count). The standard InChI is InChI=1S/C40H49N7O7/c1-4-5-6-11-24-52-40(51)45-37(41)28-15-18-31(19-16-28)43-26-35-44-32-25-30(17-20-33(32)46(35)3)38(49)47(34-14-9-10-22-42-34)23-21-36(48)53-27(2)54-39(50)29-12-7-8-13-29/h9-10,14-20,22,25,27,29,43H,4-8,11-13,21,23-24,26H2,1-3H3,(H2,41,45,51). The molecule has 14 heteroatoms. The van der Waals surface area contributed by atoms with Gasteiger partial charge in [0, 0.05) is 43.5 Å². The average Bonchev–Trinajstić information content (AvgIpc) is 3.83. The molecule has 4 aromatic rings. The Labute approximate surface area is 315 Å². The molecule has 1 aliphatic rings. The van der Waals surface area contributed by atoms with Crippen LogP contribution in [-0.2, 0) is 37.4 Å². The van der Waals surface area contributed by atoms with Gasteiger partial charge < -0.3 is 29.8 Å². The molecule has 0 spiro atoms. The lowest BCUT2D eigenvalue weighted by Gasteiger charge is -2.22. The zero-order valence-electron chi connectivity index (χ0n) is 31.2. The number of unbranched alkanes of at least 4 members (excludes halogenated alkanes) is 3. The number of rotatable bonds is 17. The van der Waals surface area contributed by atoms with Crippen molar-refractivity contribution in [2.45, 2.75) is 84.5 Å². The van der Waals surface area contributed by atoms with Gasteiger partial charge in [0.05, 0.1) is 36.5 Å². The molecule has 1 unspecified atom stereocenters.